The van der Waals surface area contributed by atoms with Gasteiger partial charge in [-0.25, -0.2) is 0 Å². The lowest BCUT2D eigenvalue weighted by molar-refractivity contribution is -0.137. The minimum atomic E-state index is -4.42. The van der Waals surface area contributed by atoms with Crippen molar-refractivity contribution in [1.82, 2.24) is 0 Å². The first-order valence-electron chi connectivity index (χ1n) is 5.34. The molecule has 18 heavy (non-hydrogen) atoms. The molecule has 0 aliphatic heterocycles. The maximum atomic E-state index is 12.5. The molecule has 1 rings (SSSR count). The summed E-state index contributed by atoms with van der Waals surface area (Å²) >= 11 is 5.62. The lowest BCUT2D eigenvalue weighted by Gasteiger charge is -2.16. The SMILES string of the molecule is CC(C)C[C@@H](N)c1ccc(C(F)(F)F)c(Cl)c1.Cl. The fourth-order valence-corrected chi connectivity index (χ4v) is 1.93. The highest BCUT2D eigenvalue weighted by atomic mass is 35.5. The average Bonchev–Trinajstić information content (AvgIpc) is 2.14. The van der Waals surface area contributed by atoms with Crippen LogP contribution in [0.4, 0.5) is 13.2 Å². The molecule has 1 aromatic carbocycles. The molecule has 1 atom stereocenters. The fraction of sp³-hybridized carbons (Fsp3) is 0.500. The molecular weight excluding hydrogens is 286 g/mol. The molecule has 0 aromatic heterocycles. The van der Waals surface area contributed by atoms with Gasteiger partial charge in [-0.15, -0.1) is 12.4 Å². The molecule has 2 N–H and O–H groups in total. The zero-order valence-corrected chi connectivity index (χ0v) is 11.7. The van der Waals surface area contributed by atoms with Crippen molar-refractivity contribution in [1.29, 1.82) is 0 Å². The molecule has 1 aromatic rings. The third kappa shape index (κ3) is 4.67. The molecule has 0 unspecified atom stereocenters. The highest BCUT2D eigenvalue weighted by molar-refractivity contribution is 6.31. The molecule has 0 aliphatic carbocycles. The van der Waals surface area contributed by atoms with E-state index < -0.39 is 11.7 Å². The Morgan fingerprint density at radius 1 is 1.28 bits per heavy atom. The Labute approximate surface area is 116 Å². The van der Waals surface area contributed by atoms with E-state index in [-0.39, 0.29) is 23.5 Å². The standard InChI is InChI=1S/C12H15ClF3N.ClH/c1-7(2)5-11(17)8-3-4-9(10(13)6-8)12(14,15)16;/h3-4,6-7,11H,5,17H2,1-2H3;1H/t11-;/m1./s1. The van der Waals surface area contributed by atoms with E-state index in [2.05, 4.69) is 0 Å². The van der Waals surface area contributed by atoms with Crippen molar-refractivity contribution in [2.45, 2.75) is 32.5 Å². The van der Waals surface area contributed by atoms with Gasteiger partial charge < -0.3 is 5.73 Å². The molecule has 0 heterocycles. The van der Waals surface area contributed by atoms with Crippen molar-refractivity contribution in [3.8, 4) is 0 Å². The van der Waals surface area contributed by atoms with Crippen LogP contribution in [0.1, 0.15) is 37.4 Å². The van der Waals surface area contributed by atoms with E-state index >= 15 is 0 Å². The fourth-order valence-electron chi connectivity index (χ4n) is 1.64. The van der Waals surface area contributed by atoms with Crippen molar-refractivity contribution < 1.29 is 13.2 Å². The van der Waals surface area contributed by atoms with Crippen molar-refractivity contribution >= 4 is 24.0 Å². The molecular formula is C12H16Cl2F3N. The van der Waals surface area contributed by atoms with Crippen LogP contribution >= 0.6 is 24.0 Å². The van der Waals surface area contributed by atoms with E-state index in [4.69, 9.17) is 17.3 Å². The molecule has 0 radical (unpaired) electrons. The maximum absolute atomic E-state index is 12.5. The minimum absolute atomic E-state index is 0. The van der Waals surface area contributed by atoms with E-state index in [0.717, 1.165) is 6.07 Å². The zero-order valence-electron chi connectivity index (χ0n) is 10.1. The molecule has 0 aliphatic rings. The Bertz CT molecular complexity index is 391. The predicted octanol–water partition coefficient (Wildman–Crippen LogP) is 4.83. The number of hydrogen-bond donors (Lipinski definition) is 1. The molecule has 0 spiro atoms. The maximum Gasteiger partial charge on any atom is 0.417 e. The first kappa shape index (κ1) is 17.6. The Balaban J connectivity index is 0.00000289. The van der Waals surface area contributed by atoms with E-state index in [1.807, 2.05) is 13.8 Å². The van der Waals surface area contributed by atoms with Gasteiger partial charge in [0.2, 0.25) is 0 Å². The number of hydrogen-bond acceptors (Lipinski definition) is 1. The molecule has 0 saturated heterocycles. The van der Waals surface area contributed by atoms with Crippen LogP contribution in [0.15, 0.2) is 18.2 Å². The van der Waals surface area contributed by atoms with Gasteiger partial charge in [0.15, 0.2) is 0 Å². The van der Waals surface area contributed by atoms with Gasteiger partial charge in [-0.3, -0.25) is 0 Å². The monoisotopic (exact) mass is 301 g/mol. The highest BCUT2D eigenvalue weighted by Crippen LogP contribution is 2.36. The first-order valence-corrected chi connectivity index (χ1v) is 5.72. The van der Waals surface area contributed by atoms with Crippen LogP contribution in [-0.2, 0) is 6.18 Å². The second-order valence-electron chi connectivity index (χ2n) is 4.47. The summed E-state index contributed by atoms with van der Waals surface area (Å²) < 4.78 is 37.4. The van der Waals surface area contributed by atoms with Crippen molar-refractivity contribution in [3.63, 3.8) is 0 Å². The summed E-state index contributed by atoms with van der Waals surface area (Å²) in [5.41, 5.74) is 5.70. The number of benzene rings is 1. The molecule has 0 saturated carbocycles. The van der Waals surface area contributed by atoms with E-state index in [9.17, 15) is 13.2 Å². The molecule has 6 heteroatoms. The van der Waals surface area contributed by atoms with Crippen LogP contribution in [0.2, 0.25) is 5.02 Å². The summed E-state index contributed by atoms with van der Waals surface area (Å²) in [7, 11) is 0. The van der Waals surface area contributed by atoms with Crippen molar-refractivity contribution in [2.75, 3.05) is 0 Å². The van der Waals surface area contributed by atoms with Crippen LogP contribution in [0.25, 0.3) is 0 Å². The molecule has 0 amide bonds. The van der Waals surface area contributed by atoms with Gasteiger partial charge in [-0.05, 0) is 30.0 Å². The van der Waals surface area contributed by atoms with Gasteiger partial charge >= 0.3 is 6.18 Å². The molecule has 1 nitrogen and oxygen atoms in total. The van der Waals surface area contributed by atoms with Gasteiger partial charge in [0.05, 0.1) is 10.6 Å². The van der Waals surface area contributed by atoms with Crippen molar-refractivity contribution in [2.24, 2.45) is 11.7 Å². The number of halogens is 5. The van der Waals surface area contributed by atoms with Crippen LogP contribution < -0.4 is 5.73 Å². The smallest absolute Gasteiger partial charge is 0.324 e. The predicted molar refractivity (Wildman–Crippen MR) is 70.1 cm³/mol. The summed E-state index contributed by atoms with van der Waals surface area (Å²) in [4.78, 5) is 0. The average molecular weight is 302 g/mol. The Morgan fingerprint density at radius 2 is 1.83 bits per heavy atom. The van der Waals surface area contributed by atoms with E-state index in [0.29, 0.717) is 17.9 Å². The summed E-state index contributed by atoms with van der Waals surface area (Å²) in [6.45, 7) is 4.01. The lowest BCUT2D eigenvalue weighted by atomic mass is 9.97. The Kier molecular flexibility index (Phi) is 6.47. The van der Waals surface area contributed by atoms with Gasteiger partial charge in [0.1, 0.15) is 0 Å². The second-order valence-corrected chi connectivity index (χ2v) is 4.88. The summed E-state index contributed by atoms with van der Waals surface area (Å²) in [6.07, 6.45) is -3.71. The summed E-state index contributed by atoms with van der Waals surface area (Å²) in [6, 6.07) is 3.40. The third-order valence-electron chi connectivity index (χ3n) is 2.45. The van der Waals surface area contributed by atoms with Gasteiger partial charge in [0.25, 0.3) is 0 Å². The van der Waals surface area contributed by atoms with E-state index in [1.165, 1.54) is 12.1 Å². The van der Waals surface area contributed by atoms with Crippen LogP contribution in [0.5, 0.6) is 0 Å². The number of alkyl halides is 3. The van der Waals surface area contributed by atoms with Gasteiger partial charge in [-0.1, -0.05) is 31.5 Å². The van der Waals surface area contributed by atoms with Crippen molar-refractivity contribution in [3.05, 3.63) is 34.3 Å². The highest BCUT2D eigenvalue weighted by Gasteiger charge is 2.33. The normalized spacial score (nSPS) is 13.3. The van der Waals surface area contributed by atoms with Crippen LogP contribution in [0, 0.1) is 5.92 Å². The molecule has 104 valence electrons. The first-order chi connectivity index (χ1) is 7.71. The summed E-state index contributed by atoms with van der Waals surface area (Å²) in [5, 5.41) is -0.297. The summed E-state index contributed by atoms with van der Waals surface area (Å²) in [5.74, 6) is 0.381. The third-order valence-corrected chi connectivity index (χ3v) is 2.76. The number of rotatable bonds is 3. The zero-order chi connectivity index (χ0) is 13.2. The molecule has 0 bridgehead atoms. The van der Waals surface area contributed by atoms with Gasteiger partial charge in [0, 0.05) is 6.04 Å². The lowest BCUT2D eigenvalue weighted by Crippen LogP contribution is -2.14. The quantitative estimate of drug-likeness (QED) is 0.850. The van der Waals surface area contributed by atoms with Crippen LogP contribution in [-0.4, -0.2) is 0 Å². The topological polar surface area (TPSA) is 26.0 Å². The Morgan fingerprint density at radius 3 is 2.22 bits per heavy atom. The Hall–Kier alpha value is -0.450. The largest absolute Gasteiger partial charge is 0.417 e. The number of nitrogens with two attached hydrogens (primary N) is 1. The second kappa shape index (κ2) is 6.64. The van der Waals surface area contributed by atoms with E-state index in [1.54, 1.807) is 0 Å². The van der Waals surface area contributed by atoms with Gasteiger partial charge in [-0.2, -0.15) is 13.2 Å². The minimum Gasteiger partial charge on any atom is -0.324 e. The van der Waals surface area contributed by atoms with Crippen LogP contribution in [0.3, 0.4) is 0 Å². The molecule has 0 fully saturated rings.